The van der Waals surface area contributed by atoms with Crippen LogP contribution in [-0.2, 0) is 4.43 Å². The van der Waals surface area contributed by atoms with Crippen molar-refractivity contribution < 1.29 is 4.43 Å². The molecule has 5 atom stereocenters. The first-order valence-corrected chi connectivity index (χ1v) is 13.7. The molecule has 0 bridgehead atoms. The molecule has 0 heterocycles. The van der Waals surface area contributed by atoms with E-state index in [9.17, 15) is 0 Å². The van der Waals surface area contributed by atoms with Crippen LogP contribution in [-0.4, -0.2) is 18.8 Å². The number of rotatable bonds is 4. The van der Waals surface area contributed by atoms with Crippen molar-refractivity contribution in [2.75, 3.05) is 4.43 Å². The summed E-state index contributed by atoms with van der Waals surface area (Å²) in [6.07, 6.45) is 7.48. The quantitative estimate of drug-likeness (QED) is 0.272. The molecule has 130 valence electrons. The van der Waals surface area contributed by atoms with Gasteiger partial charge in [-0.05, 0) is 67.0 Å². The van der Waals surface area contributed by atoms with Gasteiger partial charge in [-0.15, -0.1) is 0 Å². The molecule has 0 saturated heterocycles. The van der Waals surface area contributed by atoms with Crippen LogP contribution < -0.4 is 0 Å². The van der Waals surface area contributed by atoms with Gasteiger partial charge >= 0.3 is 0 Å². The Morgan fingerprint density at radius 1 is 1.23 bits per heavy atom. The molecule has 0 amide bonds. The Labute approximate surface area is 153 Å². The molecule has 2 aliphatic carbocycles. The zero-order chi connectivity index (χ0) is 16.8. The van der Waals surface area contributed by atoms with Crippen LogP contribution in [0.5, 0.6) is 0 Å². The molecule has 2 saturated carbocycles. The van der Waals surface area contributed by atoms with E-state index in [1.807, 2.05) is 0 Å². The first-order valence-electron chi connectivity index (χ1n) is 9.27. The van der Waals surface area contributed by atoms with Crippen LogP contribution in [0.3, 0.4) is 0 Å². The lowest BCUT2D eigenvalue weighted by atomic mass is 9.62. The molecule has 0 N–H and O–H groups in total. The van der Waals surface area contributed by atoms with Crippen LogP contribution in [0.1, 0.15) is 66.7 Å². The summed E-state index contributed by atoms with van der Waals surface area (Å²) in [6, 6.07) is 0. The van der Waals surface area contributed by atoms with Crippen LogP contribution in [0.25, 0.3) is 0 Å². The molecule has 0 aromatic carbocycles. The lowest BCUT2D eigenvalue weighted by molar-refractivity contribution is -0.0179. The van der Waals surface area contributed by atoms with Crippen LogP contribution in [0.15, 0.2) is 0 Å². The summed E-state index contributed by atoms with van der Waals surface area (Å²) in [4.78, 5) is 0. The maximum absolute atomic E-state index is 6.92. The summed E-state index contributed by atoms with van der Waals surface area (Å²) in [5, 5.41) is 0.328. The summed E-state index contributed by atoms with van der Waals surface area (Å²) in [6.45, 7) is 17.0. The molecule has 2 rings (SSSR count). The van der Waals surface area contributed by atoms with E-state index in [4.69, 9.17) is 4.43 Å². The van der Waals surface area contributed by atoms with Gasteiger partial charge in [0.15, 0.2) is 8.32 Å². The third-order valence-corrected chi connectivity index (χ3v) is 13.2. The van der Waals surface area contributed by atoms with E-state index < -0.39 is 8.32 Å². The highest BCUT2D eigenvalue weighted by Crippen LogP contribution is 2.59. The highest BCUT2D eigenvalue weighted by molar-refractivity contribution is 14.1. The smallest absolute Gasteiger partial charge is 0.192 e. The number of hydrogen-bond donors (Lipinski definition) is 0. The Kier molecular flexibility index (Phi) is 5.83. The van der Waals surface area contributed by atoms with Gasteiger partial charge in [0.25, 0.3) is 0 Å². The molecule has 1 nitrogen and oxygen atoms in total. The molecule has 0 aromatic heterocycles. The molecule has 2 aliphatic rings. The monoisotopic (exact) mass is 436 g/mol. The Bertz CT molecular complexity index is 389. The minimum absolute atomic E-state index is 0.328. The Morgan fingerprint density at radius 3 is 2.41 bits per heavy atom. The van der Waals surface area contributed by atoms with Crippen LogP contribution in [0.4, 0.5) is 0 Å². The van der Waals surface area contributed by atoms with E-state index in [0.717, 1.165) is 17.8 Å². The van der Waals surface area contributed by atoms with E-state index in [1.54, 1.807) is 0 Å². The van der Waals surface area contributed by atoms with E-state index in [1.165, 1.54) is 36.5 Å². The zero-order valence-corrected chi connectivity index (χ0v) is 19.0. The third kappa shape index (κ3) is 3.46. The SMILES string of the molecule is C[C@@H](CI)[C@H]1CC[C@H]2[C@@H](O[Si](C)(C)C(C)(C)C)CCC[C@]12C. The lowest BCUT2D eigenvalue weighted by Crippen LogP contribution is -2.50. The van der Waals surface area contributed by atoms with E-state index in [2.05, 4.69) is 70.3 Å². The molecule has 2 fully saturated rings. The summed E-state index contributed by atoms with van der Waals surface area (Å²) in [5.74, 6) is 2.59. The molecule has 0 aliphatic heterocycles. The highest BCUT2D eigenvalue weighted by Gasteiger charge is 2.54. The van der Waals surface area contributed by atoms with Gasteiger partial charge in [0.1, 0.15) is 0 Å². The maximum Gasteiger partial charge on any atom is 0.192 e. The van der Waals surface area contributed by atoms with E-state index >= 15 is 0 Å². The molecule has 0 spiro atoms. The molecule has 3 heteroatoms. The van der Waals surface area contributed by atoms with Gasteiger partial charge in [0, 0.05) is 10.5 Å². The number of fused-ring (bicyclic) bond motifs is 1. The zero-order valence-electron chi connectivity index (χ0n) is 15.8. The van der Waals surface area contributed by atoms with Gasteiger partial charge in [0.2, 0.25) is 0 Å². The van der Waals surface area contributed by atoms with Crippen molar-refractivity contribution in [1.82, 2.24) is 0 Å². The predicted octanol–water partition coefficient (Wildman–Crippen LogP) is 6.66. The Morgan fingerprint density at radius 2 is 1.86 bits per heavy atom. The van der Waals surface area contributed by atoms with Crippen molar-refractivity contribution in [3.63, 3.8) is 0 Å². The second-order valence-electron chi connectivity index (χ2n) is 9.74. The normalized spacial score (nSPS) is 37.9. The largest absolute Gasteiger partial charge is 0.414 e. The fourth-order valence-corrected chi connectivity index (χ4v) is 6.90. The first kappa shape index (κ1) is 19.2. The summed E-state index contributed by atoms with van der Waals surface area (Å²) >= 11 is 2.59. The molecule has 0 unspecified atom stereocenters. The van der Waals surface area contributed by atoms with Gasteiger partial charge < -0.3 is 4.43 Å². The van der Waals surface area contributed by atoms with Gasteiger partial charge in [-0.2, -0.15) is 0 Å². The van der Waals surface area contributed by atoms with Crippen LogP contribution >= 0.6 is 22.6 Å². The minimum atomic E-state index is -1.64. The van der Waals surface area contributed by atoms with Crippen molar-refractivity contribution in [2.45, 2.75) is 91.0 Å². The molecular weight excluding hydrogens is 399 g/mol. The number of halogens is 1. The minimum Gasteiger partial charge on any atom is -0.414 e. The topological polar surface area (TPSA) is 9.23 Å². The van der Waals surface area contributed by atoms with Crippen molar-refractivity contribution >= 4 is 30.9 Å². The van der Waals surface area contributed by atoms with Gasteiger partial charge in [0.05, 0.1) is 0 Å². The Hall–Kier alpha value is 0.907. The predicted molar refractivity (Wildman–Crippen MR) is 108 cm³/mol. The van der Waals surface area contributed by atoms with E-state index in [-0.39, 0.29) is 0 Å². The standard InChI is InChI=1S/C19H37IOSi/c1-14(13-20)15-10-11-16-17(9-8-12-19(15,16)5)21-22(6,7)18(2,3)4/h14-17H,8-13H2,1-7H3/t14-,15+,16-,17-,19+/m0/s1. The molecule has 0 radical (unpaired) electrons. The lowest BCUT2D eigenvalue weighted by Gasteiger charge is -2.49. The Balaban J connectivity index is 2.17. The second-order valence-corrected chi connectivity index (χ2v) is 15.4. The molecular formula is C19H37IOSi. The van der Waals surface area contributed by atoms with E-state index in [0.29, 0.717) is 16.6 Å². The first-order chi connectivity index (χ1) is 10.0. The molecule has 22 heavy (non-hydrogen) atoms. The average molecular weight is 436 g/mol. The van der Waals surface area contributed by atoms with Crippen LogP contribution in [0, 0.1) is 23.2 Å². The summed E-state index contributed by atoms with van der Waals surface area (Å²) < 4.78 is 8.23. The van der Waals surface area contributed by atoms with Crippen molar-refractivity contribution in [2.24, 2.45) is 23.2 Å². The van der Waals surface area contributed by atoms with Gasteiger partial charge in [-0.1, -0.05) is 63.6 Å². The summed E-state index contributed by atoms with van der Waals surface area (Å²) in [5.41, 5.74) is 0.538. The van der Waals surface area contributed by atoms with Crippen molar-refractivity contribution in [1.29, 1.82) is 0 Å². The van der Waals surface area contributed by atoms with Crippen LogP contribution in [0.2, 0.25) is 18.1 Å². The second kappa shape index (κ2) is 6.66. The fraction of sp³-hybridized carbons (Fsp3) is 1.00. The number of hydrogen-bond acceptors (Lipinski definition) is 1. The van der Waals surface area contributed by atoms with Gasteiger partial charge in [-0.3, -0.25) is 0 Å². The molecule has 0 aromatic rings. The fourth-order valence-electron chi connectivity index (χ4n) is 4.90. The maximum atomic E-state index is 6.92. The van der Waals surface area contributed by atoms with Crippen molar-refractivity contribution in [3.05, 3.63) is 0 Å². The average Bonchev–Trinajstić information content (AvgIpc) is 2.74. The highest BCUT2D eigenvalue weighted by atomic mass is 127. The number of alkyl halides is 1. The van der Waals surface area contributed by atoms with Gasteiger partial charge in [-0.25, -0.2) is 0 Å². The third-order valence-electron chi connectivity index (χ3n) is 7.32. The van der Waals surface area contributed by atoms with Crippen molar-refractivity contribution in [3.8, 4) is 0 Å². The summed E-state index contributed by atoms with van der Waals surface area (Å²) in [7, 11) is -1.64.